The van der Waals surface area contributed by atoms with E-state index in [1.54, 1.807) is 11.6 Å². The molecule has 1 N–H and O–H groups in total. The smallest absolute Gasteiger partial charge is 0.308 e. The van der Waals surface area contributed by atoms with Crippen LogP contribution in [0.5, 0.6) is 0 Å². The molecule has 0 atom stereocenters. The van der Waals surface area contributed by atoms with Crippen LogP contribution >= 0.6 is 0 Å². The molecule has 1 aromatic carbocycles. The van der Waals surface area contributed by atoms with Gasteiger partial charge in [-0.2, -0.15) is 18.3 Å². The molecule has 2 aromatic heterocycles. The predicted molar refractivity (Wildman–Crippen MR) is 105 cm³/mol. The van der Waals surface area contributed by atoms with Crippen LogP contribution in [0.3, 0.4) is 0 Å². The predicted octanol–water partition coefficient (Wildman–Crippen LogP) is 3.58. The van der Waals surface area contributed by atoms with Gasteiger partial charge in [-0.1, -0.05) is 17.3 Å². The molecule has 0 bridgehead atoms. The molecule has 0 aliphatic carbocycles. The first-order chi connectivity index (χ1) is 14.1. The first-order valence-electron chi connectivity index (χ1n) is 9.41. The SMILES string of the molecule is Cc1nn(C)c(C)c1CCC(=O)Nc1nnn(Cc2ccc(C(F)(F)F)cc2)c1C. The van der Waals surface area contributed by atoms with Crippen LogP contribution in [0.25, 0.3) is 0 Å². The molecule has 1 amide bonds. The summed E-state index contributed by atoms with van der Waals surface area (Å²) in [7, 11) is 1.87. The van der Waals surface area contributed by atoms with Gasteiger partial charge < -0.3 is 5.32 Å². The van der Waals surface area contributed by atoms with Crippen LogP contribution in [0.2, 0.25) is 0 Å². The number of carbonyl (C=O) groups is 1. The van der Waals surface area contributed by atoms with E-state index in [-0.39, 0.29) is 18.9 Å². The van der Waals surface area contributed by atoms with Crippen molar-refractivity contribution in [2.45, 2.75) is 46.3 Å². The van der Waals surface area contributed by atoms with Gasteiger partial charge in [-0.15, -0.1) is 5.10 Å². The molecule has 7 nitrogen and oxygen atoms in total. The molecule has 0 saturated heterocycles. The molecule has 10 heteroatoms. The molecule has 3 aromatic rings. The molecule has 0 fully saturated rings. The van der Waals surface area contributed by atoms with E-state index in [9.17, 15) is 18.0 Å². The fourth-order valence-electron chi connectivity index (χ4n) is 3.21. The summed E-state index contributed by atoms with van der Waals surface area (Å²) < 4.78 is 41.4. The average Bonchev–Trinajstić information content (AvgIpc) is 3.12. The van der Waals surface area contributed by atoms with Gasteiger partial charge in [0, 0.05) is 19.2 Å². The largest absolute Gasteiger partial charge is 0.416 e. The average molecular weight is 420 g/mol. The summed E-state index contributed by atoms with van der Waals surface area (Å²) in [5, 5.41) is 15.1. The van der Waals surface area contributed by atoms with Crippen molar-refractivity contribution >= 4 is 11.7 Å². The Morgan fingerprint density at radius 1 is 1.10 bits per heavy atom. The Kier molecular flexibility index (Phi) is 5.95. The van der Waals surface area contributed by atoms with E-state index in [4.69, 9.17) is 0 Å². The first kappa shape index (κ1) is 21.5. The number of alkyl halides is 3. The molecule has 3 rings (SSSR count). The van der Waals surface area contributed by atoms with Crippen LogP contribution in [-0.2, 0) is 31.0 Å². The summed E-state index contributed by atoms with van der Waals surface area (Å²) in [4.78, 5) is 12.3. The minimum absolute atomic E-state index is 0.192. The fourth-order valence-corrected chi connectivity index (χ4v) is 3.21. The van der Waals surface area contributed by atoms with Crippen molar-refractivity contribution in [1.82, 2.24) is 24.8 Å². The number of carbonyl (C=O) groups excluding carboxylic acids is 1. The lowest BCUT2D eigenvalue weighted by molar-refractivity contribution is -0.137. The number of nitrogens with zero attached hydrogens (tertiary/aromatic N) is 5. The maximum atomic E-state index is 12.7. The number of rotatable bonds is 6. The molecular formula is C20H23F3N6O. The van der Waals surface area contributed by atoms with E-state index >= 15 is 0 Å². The zero-order valence-corrected chi connectivity index (χ0v) is 17.2. The lowest BCUT2D eigenvalue weighted by Crippen LogP contribution is -2.14. The summed E-state index contributed by atoms with van der Waals surface area (Å²) in [5.41, 5.74) is 3.55. The van der Waals surface area contributed by atoms with Crippen LogP contribution in [0.15, 0.2) is 24.3 Å². The van der Waals surface area contributed by atoms with Crippen molar-refractivity contribution in [3.8, 4) is 0 Å². The molecule has 0 aliphatic rings. The molecule has 0 unspecified atom stereocenters. The lowest BCUT2D eigenvalue weighted by atomic mass is 10.1. The third kappa shape index (κ3) is 4.69. The standard InChI is InChI=1S/C20H23F3N6O/c1-12-17(13(2)28(4)26-12)9-10-18(30)24-19-14(3)29(27-25-19)11-15-5-7-16(8-6-15)20(21,22)23/h5-8H,9-11H2,1-4H3,(H,24,30). The third-order valence-corrected chi connectivity index (χ3v) is 5.11. The van der Waals surface area contributed by atoms with Gasteiger partial charge in [0.25, 0.3) is 0 Å². The Bertz CT molecular complexity index is 1050. The normalized spacial score (nSPS) is 11.7. The Morgan fingerprint density at radius 3 is 2.33 bits per heavy atom. The Morgan fingerprint density at radius 2 is 1.77 bits per heavy atom. The molecule has 2 heterocycles. The zero-order valence-electron chi connectivity index (χ0n) is 17.2. The third-order valence-electron chi connectivity index (χ3n) is 5.11. The number of nitrogens with one attached hydrogen (secondary N) is 1. The van der Waals surface area contributed by atoms with Crippen molar-refractivity contribution in [2.24, 2.45) is 7.05 Å². The maximum Gasteiger partial charge on any atom is 0.416 e. The molecular weight excluding hydrogens is 397 g/mol. The highest BCUT2D eigenvalue weighted by molar-refractivity contribution is 5.90. The van der Waals surface area contributed by atoms with Crippen molar-refractivity contribution in [3.63, 3.8) is 0 Å². The molecule has 0 aliphatic heterocycles. The number of aromatic nitrogens is 5. The van der Waals surface area contributed by atoms with Crippen molar-refractivity contribution in [2.75, 3.05) is 5.32 Å². The van der Waals surface area contributed by atoms with Crippen molar-refractivity contribution < 1.29 is 18.0 Å². The summed E-state index contributed by atoms with van der Waals surface area (Å²) >= 11 is 0. The number of anilines is 1. The van der Waals surface area contributed by atoms with E-state index in [2.05, 4.69) is 20.7 Å². The number of benzene rings is 1. The molecule has 0 radical (unpaired) electrons. The van der Waals surface area contributed by atoms with Gasteiger partial charge in [0.15, 0.2) is 5.82 Å². The second kappa shape index (κ2) is 8.29. The number of hydrogen-bond acceptors (Lipinski definition) is 4. The number of amides is 1. The quantitative estimate of drug-likeness (QED) is 0.661. The summed E-state index contributed by atoms with van der Waals surface area (Å²) in [6.07, 6.45) is -3.53. The molecule has 0 saturated carbocycles. The highest BCUT2D eigenvalue weighted by Crippen LogP contribution is 2.29. The van der Waals surface area contributed by atoms with Gasteiger partial charge in [0.2, 0.25) is 5.91 Å². The van der Waals surface area contributed by atoms with Crippen LogP contribution < -0.4 is 5.32 Å². The van der Waals surface area contributed by atoms with Gasteiger partial charge >= 0.3 is 6.18 Å². The van der Waals surface area contributed by atoms with Gasteiger partial charge in [-0.05, 0) is 50.5 Å². The topological polar surface area (TPSA) is 77.6 Å². The Labute approximate surface area is 171 Å². The van der Waals surface area contributed by atoms with Crippen molar-refractivity contribution in [3.05, 3.63) is 58.0 Å². The second-order valence-electron chi connectivity index (χ2n) is 7.20. The maximum absolute atomic E-state index is 12.7. The van der Waals surface area contributed by atoms with E-state index < -0.39 is 11.7 Å². The van der Waals surface area contributed by atoms with Crippen molar-refractivity contribution in [1.29, 1.82) is 0 Å². The lowest BCUT2D eigenvalue weighted by Gasteiger charge is -2.08. The van der Waals surface area contributed by atoms with E-state index in [1.165, 1.54) is 16.8 Å². The Hall–Kier alpha value is -3.17. The van der Waals surface area contributed by atoms with E-state index in [0.29, 0.717) is 23.5 Å². The van der Waals surface area contributed by atoms with Gasteiger partial charge in [0.05, 0.1) is 23.5 Å². The minimum atomic E-state index is -4.37. The summed E-state index contributed by atoms with van der Waals surface area (Å²) in [6.45, 7) is 5.87. The van der Waals surface area contributed by atoms with Crippen LogP contribution in [0.4, 0.5) is 19.0 Å². The molecule has 30 heavy (non-hydrogen) atoms. The monoisotopic (exact) mass is 420 g/mol. The van der Waals surface area contributed by atoms with E-state index in [0.717, 1.165) is 29.1 Å². The molecule has 160 valence electrons. The second-order valence-corrected chi connectivity index (χ2v) is 7.20. The zero-order chi connectivity index (χ0) is 22.1. The van der Waals surface area contributed by atoms with Gasteiger partial charge in [-0.25, -0.2) is 4.68 Å². The van der Waals surface area contributed by atoms with Crippen LogP contribution in [-0.4, -0.2) is 30.7 Å². The number of hydrogen-bond donors (Lipinski definition) is 1. The van der Waals surface area contributed by atoms with E-state index in [1.807, 2.05) is 20.9 Å². The highest BCUT2D eigenvalue weighted by Gasteiger charge is 2.30. The van der Waals surface area contributed by atoms with Gasteiger partial charge in [0.1, 0.15) is 0 Å². The first-order valence-corrected chi connectivity index (χ1v) is 9.41. The molecule has 0 spiro atoms. The van der Waals surface area contributed by atoms with Crippen LogP contribution in [0, 0.1) is 20.8 Å². The van der Waals surface area contributed by atoms with Crippen LogP contribution in [0.1, 0.15) is 40.2 Å². The Balaban J connectivity index is 1.61. The van der Waals surface area contributed by atoms with Gasteiger partial charge in [-0.3, -0.25) is 9.48 Å². The fraction of sp³-hybridized carbons (Fsp3) is 0.400. The minimum Gasteiger partial charge on any atom is -0.308 e. The summed E-state index contributed by atoms with van der Waals surface area (Å²) in [5.74, 6) is 0.147. The highest BCUT2D eigenvalue weighted by atomic mass is 19.4. The summed E-state index contributed by atoms with van der Waals surface area (Å²) in [6, 6.07) is 4.88. The number of halogens is 3. The number of aryl methyl sites for hydroxylation is 2.